The summed E-state index contributed by atoms with van der Waals surface area (Å²) in [7, 11) is 5.67. The van der Waals surface area contributed by atoms with Gasteiger partial charge in [-0.2, -0.15) is 13.2 Å². The van der Waals surface area contributed by atoms with Gasteiger partial charge in [0.15, 0.2) is 0 Å². The quantitative estimate of drug-likeness (QED) is 0.363. The summed E-state index contributed by atoms with van der Waals surface area (Å²) in [4.78, 5) is 44.4. The summed E-state index contributed by atoms with van der Waals surface area (Å²) >= 11 is 0. The highest BCUT2D eigenvalue weighted by Crippen LogP contribution is 2.29. The van der Waals surface area contributed by atoms with Gasteiger partial charge in [-0.15, -0.1) is 0 Å². The fourth-order valence-electron chi connectivity index (χ4n) is 5.05. The van der Waals surface area contributed by atoms with Gasteiger partial charge in [-0.1, -0.05) is 6.92 Å². The molecule has 0 bridgehead atoms. The smallest absolute Gasteiger partial charge is 0.389 e. The van der Waals surface area contributed by atoms with Crippen LogP contribution in [0.25, 0.3) is 0 Å². The van der Waals surface area contributed by atoms with Gasteiger partial charge in [0.25, 0.3) is 5.91 Å². The molecule has 3 amide bonds. The maximum absolute atomic E-state index is 14.1. The molecule has 1 aliphatic heterocycles. The van der Waals surface area contributed by atoms with Crippen molar-refractivity contribution in [1.82, 2.24) is 14.7 Å². The molecule has 45 heavy (non-hydrogen) atoms. The third kappa shape index (κ3) is 13.5. The van der Waals surface area contributed by atoms with Crippen molar-refractivity contribution in [2.45, 2.75) is 90.1 Å². The zero-order valence-corrected chi connectivity index (χ0v) is 27.5. The van der Waals surface area contributed by atoms with Crippen LogP contribution in [0.1, 0.15) is 76.1 Å². The summed E-state index contributed by atoms with van der Waals surface area (Å²) in [6, 6.07) is 3.82. The van der Waals surface area contributed by atoms with E-state index in [9.17, 15) is 32.7 Å². The largest absolute Gasteiger partial charge is 0.490 e. The average Bonchev–Trinajstić information content (AvgIpc) is 2.96. The van der Waals surface area contributed by atoms with E-state index >= 15 is 0 Å². The first-order chi connectivity index (χ1) is 21.1. The number of halogens is 3. The van der Waals surface area contributed by atoms with Crippen LogP contribution in [0.2, 0.25) is 0 Å². The van der Waals surface area contributed by atoms with Gasteiger partial charge in [0.05, 0.1) is 36.8 Å². The number of carbonyl (C=O) groups is 3. The molecule has 1 heterocycles. The summed E-state index contributed by atoms with van der Waals surface area (Å²) in [6.45, 7) is 6.99. The molecule has 2 N–H and O–H groups in total. The summed E-state index contributed by atoms with van der Waals surface area (Å²) in [5.41, 5.74) is 0.276. The number of hydrogen-bond acceptors (Lipinski definition) is 7. The van der Waals surface area contributed by atoms with E-state index in [0.717, 1.165) is 25.8 Å². The van der Waals surface area contributed by atoms with Crippen molar-refractivity contribution < 1.29 is 42.1 Å². The van der Waals surface area contributed by atoms with Gasteiger partial charge in [0.1, 0.15) is 5.75 Å². The Bertz CT molecular complexity index is 1100. The molecular formula is C32H51F3N4O6. The number of alkyl halides is 3. The van der Waals surface area contributed by atoms with E-state index < -0.39 is 36.9 Å². The van der Waals surface area contributed by atoms with Gasteiger partial charge in [0.2, 0.25) is 11.8 Å². The number of aliphatic hydroxyl groups excluding tert-OH is 1. The highest BCUT2D eigenvalue weighted by molar-refractivity contribution is 5.99. The van der Waals surface area contributed by atoms with E-state index in [1.54, 1.807) is 18.9 Å². The molecule has 1 aromatic carbocycles. The monoisotopic (exact) mass is 644 g/mol. The van der Waals surface area contributed by atoms with Crippen LogP contribution in [-0.2, 0) is 14.3 Å². The van der Waals surface area contributed by atoms with Gasteiger partial charge >= 0.3 is 6.18 Å². The minimum atomic E-state index is -4.47. The SMILES string of the molecule is C[C@@H]1CCCCO[C@@H](CN(C)C(=O)CCCN(C)C)[C@H](C)CN([C@H](C)CO)C(=O)c2cc(NC(=O)CCC(F)(F)F)ccc2O1. The molecule has 0 radical (unpaired) electrons. The van der Waals surface area contributed by atoms with Crippen molar-refractivity contribution in [3.63, 3.8) is 0 Å². The highest BCUT2D eigenvalue weighted by atomic mass is 19.4. The molecule has 10 nitrogen and oxygen atoms in total. The van der Waals surface area contributed by atoms with Gasteiger partial charge in [0, 0.05) is 51.2 Å². The zero-order chi connectivity index (χ0) is 33.7. The van der Waals surface area contributed by atoms with Crippen molar-refractivity contribution in [2.24, 2.45) is 5.92 Å². The van der Waals surface area contributed by atoms with Crippen LogP contribution in [0.15, 0.2) is 18.2 Å². The van der Waals surface area contributed by atoms with E-state index in [4.69, 9.17) is 9.47 Å². The lowest BCUT2D eigenvalue weighted by Gasteiger charge is -2.36. The molecule has 2 rings (SSSR count). The molecule has 1 aromatic rings. The number of likely N-dealkylation sites (N-methyl/N-ethyl adjacent to an activating group) is 1. The Morgan fingerprint density at radius 3 is 2.51 bits per heavy atom. The van der Waals surface area contributed by atoms with Gasteiger partial charge < -0.3 is 34.6 Å². The predicted molar refractivity (Wildman–Crippen MR) is 166 cm³/mol. The molecule has 0 aromatic heterocycles. The summed E-state index contributed by atoms with van der Waals surface area (Å²) < 4.78 is 50.4. The summed E-state index contributed by atoms with van der Waals surface area (Å²) in [6.07, 6.45) is -3.75. The molecule has 0 spiro atoms. The minimum Gasteiger partial charge on any atom is -0.490 e. The van der Waals surface area contributed by atoms with Crippen molar-refractivity contribution >= 4 is 23.4 Å². The number of hydrogen-bond donors (Lipinski definition) is 2. The number of rotatable bonds is 11. The first-order valence-electron chi connectivity index (χ1n) is 15.7. The van der Waals surface area contributed by atoms with E-state index in [2.05, 4.69) is 5.32 Å². The number of fused-ring (bicyclic) bond motifs is 1. The number of aliphatic hydroxyl groups is 1. The topological polar surface area (TPSA) is 112 Å². The molecule has 0 fully saturated rings. The Labute approximate surface area is 265 Å². The Balaban J connectivity index is 2.37. The lowest BCUT2D eigenvalue weighted by Crippen LogP contribution is -2.48. The van der Waals surface area contributed by atoms with E-state index in [1.807, 2.05) is 32.8 Å². The van der Waals surface area contributed by atoms with Gasteiger partial charge in [-0.3, -0.25) is 14.4 Å². The van der Waals surface area contributed by atoms with Crippen molar-refractivity contribution in [2.75, 3.05) is 59.3 Å². The van der Waals surface area contributed by atoms with Crippen molar-refractivity contribution in [1.29, 1.82) is 0 Å². The second-order valence-electron chi connectivity index (χ2n) is 12.4. The normalized spacial score (nSPS) is 21.0. The van der Waals surface area contributed by atoms with Crippen LogP contribution in [0.5, 0.6) is 5.75 Å². The number of carbonyl (C=O) groups excluding carboxylic acids is 3. The lowest BCUT2D eigenvalue weighted by molar-refractivity contribution is -0.142. The van der Waals surface area contributed by atoms with Crippen LogP contribution in [0.3, 0.4) is 0 Å². The fraction of sp³-hybridized carbons (Fsp3) is 0.719. The van der Waals surface area contributed by atoms with Gasteiger partial charge in [-0.05, 0) is 78.4 Å². The molecular weight excluding hydrogens is 593 g/mol. The van der Waals surface area contributed by atoms with Crippen LogP contribution in [0.4, 0.5) is 18.9 Å². The second-order valence-corrected chi connectivity index (χ2v) is 12.4. The standard InChI is InChI=1S/C32H51F3N4O6/c1-22-19-39(23(2)21-40)31(43)26-18-25(36-29(41)14-15-32(33,34)35)12-13-27(26)45-24(3)10-7-8-17-44-28(22)20-38(6)30(42)11-9-16-37(4)5/h12-13,18,22-24,28,40H,7-11,14-17,19-21H2,1-6H3,(H,36,41)/t22-,23-,24-,28+/m1/s1. The number of anilines is 1. The number of benzene rings is 1. The molecule has 256 valence electrons. The predicted octanol–water partition coefficient (Wildman–Crippen LogP) is 4.56. The molecule has 1 aliphatic rings. The Morgan fingerprint density at radius 1 is 1.16 bits per heavy atom. The van der Waals surface area contributed by atoms with E-state index in [0.29, 0.717) is 26.0 Å². The number of nitrogens with one attached hydrogen (secondary N) is 1. The van der Waals surface area contributed by atoms with Crippen molar-refractivity contribution in [3.05, 3.63) is 23.8 Å². The Hall–Kier alpha value is -2.90. The van der Waals surface area contributed by atoms with Crippen LogP contribution in [-0.4, -0.2) is 116 Å². The Kier molecular flexibility index (Phi) is 15.6. The van der Waals surface area contributed by atoms with Crippen LogP contribution >= 0.6 is 0 Å². The fourth-order valence-corrected chi connectivity index (χ4v) is 5.05. The third-order valence-corrected chi connectivity index (χ3v) is 7.85. The highest BCUT2D eigenvalue weighted by Gasteiger charge is 2.31. The molecule has 0 saturated heterocycles. The van der Waals surface area contributed by atoms with Gasteiger partial charge in [-0.25, -0.2) is 0 Å². The maximum Gasteiger partial charge on any atom is 0.389 e. The number of nitrogens with zero attached hydrogens (tertiary/aromatic N) is 3. The number of amides is 3. The first kappa shape index (κ1) is 38.3. The molecule has 4 atom stereocenters. The van der Waals surface area contributed by atoms with E-state index in [-0.39, 0.29) is 54.2 Å². The van der Waals surface area contributed by atoms with Crippen LogP contribution < -0.4 is 10.1 Å². The second kappa shape index (κ2) is 18.3. The minimum absolute atomic E-state index is 0.00780. The molecule has 0 unspecified atom stereocenters. The lowest BCUT2D eigenvalue weighted by atomic mass is 10.0. The van der Waals surface area contributed by atoms with E-state index in [1.165, 1.54) is 23.1 Å². The average molecular weight is 645 g/mol. The molecule has 0 aliphatic carbocycles. The maximum atomic E-state index is 14.1. The molecule has 13 heteroatoms. The first-order valence-corrected chi connectivity index (χ1v) is 15.7. The third-order valence-electron chi connectivity index (χ3n) is 7.85. The molecule has 0 saturated carbocycles. The zero-order valence-electron chi connectivity index (χ0n) is 27.5. The number of ether oxygens (including phenoxy) is 2. The summed E-state index contributed by atoms with van der Waals surface area (Å²) in [5.74, 6) is -1.26. The Morgan fingerprint density at radius 2 is 1.87 bits per heavy atom. The van der Waals surface area contributed by atoms with Crippen LogP contribution in [0, 0.1) is 5.92 Å². The van der Waals surface area contributed by atoms with Crippen molar-refractivity contribution in [3.8, 4) is 5.75 Å². The summed E-state index contributed by atoms with van der Waals surface area (Å²) in [5, 5.41) is 12.5.